The van der Waals surface area contributed by atoms with Gasteiger partial charge in [0.25, 0.3) is 0 Å². The van der Waals surface area contributed by atoms with Crippen LogP contribution in [0.4, 0.5) is 0 Å². The second-order valence-electron chi connectivity index (χ2n) is 9.31. The van der Waals surface area contributed by atoms with Gasteiger partial charge in [-0.05, 0) is 0 Å². The summed E-state index contributed by atoms with van der Waals surface area (Å²) in [5.41, 5.74) is 0. The van der Waals surface area contributed by atoms with E-state index in [0.29, 0.717) is 0 Å². The topological polar surface area (TPSA) is 522 Å². The van der Waals surface area contributed by atoms with Gasteiger partial charge >= 0.3 is 46.9 Å². The molecule has 0 aromatic rings. The van der Waals surface area contributed by atoms with E-state index in [2.05, 4.69) is 27.1 Å². The summed E-state index contributed by atoms with van der Waals surface area (Å²) >= 11 is 0. The van der Waals surface area contributed by atoms with E-state index >= 15 is 0 Å². The number of phosphoric acid groups is 6. The largest absolute Gasteiger partial charge is 0.470 e. The van der Waals surface area contributed by atoms with Gasteiger partial charge in [0.1, 0.15) is 73.2 Å². The number of phosphoric ester groups is 6. The Morgan fingerprint density at radius 3 is 0.396 bits per heavy atom. The zero-order chi connectivity index (χ0) is 38.2. The maximum atomic E-state index is 11.4. The van der Waals surface area contributed by atoms with Crippen molar-refractivity contribution in [3.63, 3.8) is 0 Å². The van der Waals surface area contributed by atoms with E-state index in [1.165, 1.54) is 0 Å². The Kier molecular flexibility index (Phi) is 16.1. The molecule has 0 amide bonds. The Balaban J connectivity index is 0.000000800. The maximum absolute atomic E-state index is 11.4. The van der Waals surface area contributed by atoms with Crippen LogP contribution >= 0.6 is 46.9 Å². The molecule has 0 aromatic carbocycles. The maximum Gasteiger partial charge on any atom is 0.470 e. The van der Waals surface area contributed by atoms with Crippen LogP contribution in [0.3, 0.4) is 0 Å². The molecule has 2 aliphatic rings. The Hall–Kier alpha value is 0.420. The van der Waals surface area contributed by atoms with Crippen molar-refractivity contribution in [3.05, 3.63) is 0 Å². The minimum atomic E-state index is -6.02. The SMILES string of the molecule is O=P(O)(O)O[C@H]1[C@H](OP(=O)(O)O)[C@@H](OP(=O)(O)O)[C@H](OP(=O)(O)O)[C@@H](OP(=O)(O)O)[C@H]1OP(=O)(O)O.O[C@H]1[C@H](O)[C@@H](O)[C@H](O)[C@@H](O)[C@H]1O. The van der Waals surface area contributed by atoms with E-state index < -0.39 is 120 Å². The zero-order valence-corrected chi connectivity index (χ0v) is 27.9. The number of hydrogen-bond acceptors (Lipinski definition) is 18. The molecule has 48 heavy (non-hydrogen) atoms. The van der Waals surface area contributed by atoms with Gasteiger partial charge in [0, 0.05) is 0 Å². The van der Waals surface area contributed by atoms with Gasteiger partial charge in [0.2, 0.25) is 0 Å². The highest BCUT2D eigenvalue weighted by atomic mass is 31.2. The fourth-order valence-electron chi connectivity index (χ4n) is 4.00. The molecule has 0 aromatic heterocycles. The van der Waals surface area contributed by atoms with Crippen molar-refractivity contribution >= 4 is 46.9 Å². The molecule has 2 saturated carbocycles. The lowest BCUT2D eigenvalue weighted by atomic mass is 9.85. The van der Waals surface area contributed by atoms with E-state index in [1.54, 1.807) is 0 Å². The van der Waals surface area contributed by atoms with Crippen molar-refractivity contribution in [1.82, 2.24) is 0 Å². The lowest BCUT2D eigenvalue weighted by Crippen LogP contribution is -2.66. The highest BCUT2D eigenvalue weighted by Crippen LogP contribution is 2.57. The van der Waals surface area contributed by atoms with Gasteiger partial charge in [0.15, 0.2) is 0 Å². The van der Waals surface area contributed by atoms with Gasteiger partial charge in [-0.25, -0.2) is 27.4 Å². The zero-order valence-electron chi connectivity index (χ0n) is 22.6. The van der Waals surface area contributed by atoms with Gasteiger partial charge in [-0.2, -0.15) is 0 Å². The van der Waals surface area contributed by atoms with Crippen molar-refractivity contribution in [2.24, 2.45) is 0 Å². The summed E-state index contributed by atoms with van der Waals surface area (Å²) in [6.45, 7) is 0. The van der Waals surface area contributed by atoms with Gasteiger partial charge < -0.3 is 89.4 Å². The molecule has 2 rings (SSSR count). The van der Waals surface area contributed by atoms with E-state index in [1.807, 2.05) is 0 Å². The molecule has 18 N–H and O–H groups in total. The molecule has 2 fully saturated rings. The van der Waals surface area contributed by atoms with Crippen molar-refractivity contribution in [2.75, 3.05) is 0 Å². The van der Waals surface area contributed by atoms with Crippen LogP contribution in [0.2, 0.25) is 0 Å². The molecule has 36 heteroatoms. The number of aliphatic hydroxyl groups is 6. The second-order valence-corrected chi connectivity index (χ2v) is 16.5. The lowest BCUT2D eigenvalue weighted by molar-refractivity contribution is -0.223. The summed E-state index contributed by atoms with van der Waals surface area (Å²) < 4.78 is 93.1. The molecule has 0 atom stereocenters. The van der Waals surface area contributed by atoms with Crippen molar-refractivity contribution in [2.45, 2.75) is 73.2 Å². The summed E-state index contributed by atoms with van der Waals surface area (Å²) in [7, 11) is -36.1. The average molecular weight is 840 g/mol. The standard InChI is InChI=1S/C6H18O24P6.C6H12O6/c7-31(8,9)25-1-2(26-32(10,11)12)4(28-34(16,17)18)6(30-36(22,23)24)5(29-35(19,20)21)3(1)27-33(13,14)15;7-1-2(8)4(10)6(12)5(11)3(1)9/h1-6H,(H2,7,8,9)(H2,10,11,12)(H2,13,14,15)(H2,16,17,18)(H2,19,20,21)(H2,22,23,24);1-12H/t2*1-,2-,3-,4+,5-,6-. The third-order valence-electron chi connectivity index (χ3n) is 5.60. The summed E-state index contributed by atoms with van der Waals surface area (Å²) in [5.74, 6) is 0. The molecule has 30 nitrogen and oxygen atoms in total. The predicted octanol–water partition coefficient (Wildman–Crippen LogP) is -6.97. The predicted molar refractivity (Wildman–Crippen MR) is 138 cm³/mol. The Labute approximate surface area is 264 Å². The van der Waals surface area contributed by atoms with E-state index in [9.17, 15) is 27.4 Å². The molecule has 0 radical (unpaired) electrons. The minimum absolute atomic E-state index is 1.64. The summed E-state index contributed by atoms with van der Waals surface area (Å²) in [6.07, 6.45) is -28.7. The number of aliphatic hydroxyl groups excluding tert-OH is 6. The Morgan fingerprint density at radius 1 is 0.250 bits per heavy atom. The molecule has 2 aliphatic carbocycles. The number of rotatable bonds is 12. The number of hydrogen-bond donors (Lipinski definition) is 18. The Bertz CT molecular complexity index is 1060. The average Bonchev–Trinajstić information content (AvgIpc) is 2.83. The van der Waals surface area contributed by atoms with Gasteiger partial charge in [-0.3, -0.25) is 27.1 Å². The summed E-state index contributed by atoms with van der Waals surface area (Å²) in [4.78, 5) is 110. The third-order valence-corrected chi connectivity index (χ3v) is 8.70. The van der Waals surface area contributed by atoms with Crippen LogP contribution in [0.5, 0.6) is 0 Å². The van der Waals surface area contributed by atoms with Crippen LogP contribution in [0, 0.1) is 0 Å². The van der Waals surface area contributed by atoms with Gasteiger partial charge in [-0.1, -0.05) is 0 Å². The quantitative estimate of drug-likeness (QED) is 0.0812. The van der Waals surface area contributed by atoms with Crippen molar-refractivity contribution in [1.29, 1.82) is 0 Å². The summed E-state index contributed by atoms with van der Waals surface area (Å²) in [6, 6.07) is 0. The van der Waals surface area contributed by atoms with Crippen LogP contribution < -0.4 is 0 Å². The van der Waals surface area contributed by atoms with Crippen molar-refractivity contribution < 1.29 is 144 Å². The molecular formula is C12H30O30P6. The minimum Gasteiger partial charge on any atom is -0.387 e. The highest BCUT2D eigenvalue weighted by Gasteiger charge is 2.62. The fourth-order valence-corrected chi connectivity index (χ4v) is 7.35. The molecular weight excluding hydrogens is 810 g/mol. The second kappa shape index (κ2) is 16.6. The van der Waals surface area contributed by atoms with Crippen LogP contribution in [0.25, 0.3) is 0 Å². The first-order valence-electron chi connectivity index (χ1n) is 11.6. The first kappa shape index (κ1) is 46.4. The molecule has 0 bridgehead atoms. The van der Waals surface area contributed by atoms with E-state index in [0.717, 1.165) is 0 Å². The van der Waals surface area contributed by atoms with Gasteiger partial charge in [-0.15, -0.1) is 0 Å². The van der Waals surface area contributed by atoms with Crippen molar-refractivity contribution in [3.8, 4) is 0 Å². The molecule has 288 valence electrons. The Morgan fingerprint density at radius 2 is 0.333 bits per heavy atom. The highest BCUT2D eigenvalue weighted by molar-refractivity contribution is 7.47. The third kappa shape index (κ3) is 15.6. The first-order chi connectivity index (χ1) is 21.0. The lowest BCUT2D eigenvalue weighted by Gasteiger charge is -2.48. The van der Waals surface area contributed by atoms with Crippen LogP contribution in [0.15, 0.2) is 0 Å². The summed E-state index contributed by atoms with van der Waals surface area (Å²) in [5, 5.41) is 53.8. The normalized spacial score (nSPS) is 35.9. The van der Waals surface area contributed by atoms with Crippen LogP contribution in [-0.2, 0) is 54.5 Å². The van der Waals surface area contributed by atoms with E-state index in [4.69, 9.17) is 89.4 Å². The molecule has 0 unspecified atom stereocenters. The van der Waals surface area contributed by atoms with Crippen LogP contribution in [-0.4, -0.2) is 163 Å². The molecule has 0 spiro atoms. The van der Waals surface area contributed by atoms with Gasteiger partial charge in [0.05, 0.1) is 0 Å². The van der Waals surface area contributed by atoms with E-state index in [-0.39, 0.29) is 0 Å². The first-order valence-corrected chi connectivity index (χ1v) is 20.7. The molecule has 0 aliphatic heterocycles. The van der Waals surface area contributed by atoms with Crippen LogP contribution in [0.1, 0.15) is 0 Å². The molecule has 0 saturated heterocycles. The monoisotopic (exact) mass is 840 g/mol. The fraction of sp³-hybridized carbons (Fsp3) is 1.00. The smallest absolute Gasteiger partial charge is 0.387 e. The molecule has 0 heterocycles.